The summed E-state index contributed by atoms with van der Waals surface area (Å²) in [6.07, 6.45) is -2.83. The second-order valence-corrected chi connectivity index (χ2v) is 5.47. The fraction of sp³-hybridized carbons (Fsp3) is 0.429. The number of carbonyl (C=O) groups excluding carboxylic acids is 1. The van der Waals surface area contributed by atoms with Gasteiger partial charge in [0.1, 0.15) is 11.4 Å². The minimum atomic E-state index is -1.44. The standard InChI is InChI=1S/C14H18FNO5/c1-14(2,3)21-13(20)16-10-5-4-8(15)6-9(10)11(17)7-12(18)19/h4-6,11,17H,7H2,1-3H3,(H,16,20)(H,18,19). The van der Waals surface area contributed by atoms with Gasteiger partial charge < -0.3 is 14.9 Å². The third-order valence-corrected chi connectivity index (χ3v) is 2.38. The number of rotatable bonds is 4. The van der Waals surface area contributed by atoms with Crippen molar-refractivity contribution in [2.24, 2.45) is 0 Å². The number of benzene rings is 1. The Kier molecular flexibility index (Phi) is 5.26. The number of carboxylic acid groups (broad SMARTS) is 1. The lowest BCUT2D eigenvalue weighted by Gasteiger charge is -2.21. The molecule has 0 heterocycles. The van der Waals surface area contributed by atoms with Crippen LogP contribution in [0.3, 0.4) is 0 Å². The van der Waals surface area contributed by atoms with Crippen LogP contribution in [0.4, 0.5) is 14.9 Å². The summed E-state index contributed by atoms with van der Waals surface area (Å²) in [5.74, 6) is -1.89. The van der Waals surface area contributed by atoms with E-state index in [1.165, 1.54) is 6.07 Å². The van der Waals surface area contributed by atoms with Gasteiger partial charge in [-0.05, 0) is 39.0 Å². The van der Waals surface area contributed by atoms with Crippen LogP contribution in [0.1, 0.15) is 38.9 Å². The lowest BCUT2D eigenvalue weighted by Crippen LogP contribution is -2.27. The number of halogens is 1. The van der Waals surface area contributed by atoms with Crippen LogP contribution in [0.25, 0.3) is 0 Å². The van der Waals surface area contributed by atoms with Crippen molar-refractivity contribution in [3.05, 3.63) is 29.6 Å². The highest BCUT2D eigenvalue weighted by atomic mass is 19.1. The Bertz CT molecular complexity index is 539. The highest BCUT2D eigenvalue weighted by Crippen LogP contribution is 2.27. The summed E-state index contributed by atoms with van der Waals surface area (Å²) in [6, 6.07) is 3.30. The second kappa shape index (κ2) is 6.53. The molecular weight excluding hydrogens is 281 g/mol. The van der Waals surface area contributed by atoms with E-state index in [2.05, 4.69) is 5.32 Å². The summed E-state index contributed by atoms with van der Waals surface area (Å²) in [5, 5.41) is 20.8. The number of hydrogen-bond donors (Lipinski definition) is 3. The zero-order valence-electron chi connectivity index (χ0n) is 12.0. The predicted octanol–water partition coefficient (Wildman–Crippen LogP) is 2.68. The van der Waals surface area contributed by atoms with E-state index in [1.807, 2.05) is 0 Å². The van der Waals surface area contributed by atoms with Gasteiger partial charge in [0.25, 0.3) is 0 Å². The van der Waals surface area contributed by atoms with Crippen LogP contribution in [-0.2, 0) is 9.53 Å². The molecule has 0 aliphatic heterocycles. The topological polar surface area (TPSA) is 95.9 Å². The minimum absolute atomic E-state index is 0.0248. The summed E-state index contributed by atoms with van der Waals surface area (Å²) in [7, 11) is 0. The molecule has 21 heavy (non-hydrogen) atoms. The first-order chi connectivity index (χ1) is 9.58. The molecule has 1 aromatic rings. The second-order valence-electron chi connectivity index (χ2n) is 5.47. The monoisotopic (exact) mass is 299 g/mol. The van der Waals surface area contributed by atoms with Gasteiger partial charge in [0.05, 0.1) is 18.2 Å². The van der Waals surface area contributed by atoms with Gasteiger partial charge in [-0.25, -0.2) is 9.18 Å². The van der Waals surface area contributed by atoms with Crippen molar-refractivity contribution in [3.63, 3.8) is 0 Å². The molecule has 0 spiro atoms. The number of aliphatic carboxylic acids is 1. The van der Waals surface area contributed by atoms with Crippen molar-refractivity contribution in [2.45, 2.75) is 38.9 Å². The van der Waals surface area contributed by atoms with E-state index >= 15 is 0 Å². The molecule has 6 nitrogen and oxygen atoms in total. The van der Waals surface area contributed by atoms with Gasteiger partial charge in [0.15, 0.2) is 0 Å². The Labute approximate surface area is 121 Å². The summed E-state index contributed by atoms with van der Waals surface area (Å²) >= 11 is 0. The summed E-state index contributed by atoms with van der Waals surface area (Å²) in [6.45, 7) is 5.03. The maximum absolute atomic E-state index is 13.3. The molecule has 1 unspecified atom stereocenters. The first-order valence-electron chi connectivity index (χ1n) is 6.28. The van der Waals surface area contributed by atoms with Gasteiger partial charge >= 0.3 is 12.1 Å². The number of nitrogens with one attached hydrogen (secondary N) is 1. The normalized spacial score (nSPS) is 12.6. The Hall–Kier alpha value is -2.15. The molecule has 0 aromatic heterocycles. The molecule has 3 N–H and O–H groups in total. The van der Waals surface area contributed by atoms with E-state index in [4.69, 9.17) is 9.84 Å². The van der Waals surface area contributed by atoms with Crippen LogP contribution < -0.4 is 5.32 Å². The van der Waals surface area contributed by atoms with Crippen LogP contribution in [0.2, 0.25) is 0 Å². The SMILES string of the molecule is CC(C)(C)OC(=O)Nc1ccc(F)cc1C(O)CC(=O)O. The molecule has 0 aliphatic rings. The molecule has 0 aliphatic carbocycles. The summed E-state index contributed by atoms with van der Waals surface area (Å²) < 4.78 is 18.3. The highest BCUT2D eigenvalue weighted by molar-refractivity contribution is 5.86. The predicted molar refractivity (Wildman–Crippen MR) is 73.5 cm³/mol. The Morgan fingerprint density at radius 1 is 1.38 bits per heavy atom. The van der Waals surface area contributed by atoms with E-state index in [9.17, 15) is 19.1 Å². The number of amides is 1. The Morgan fingerprint density at radius 3 is 2.52 bits per heavy atom. The van der Waals surface area contributed by atoms with Crippen LogP contribution >= 0.6 is 0 Å². The molecule has 0 fully saturated rings. The smallest absolute Gasteiger partial charge is 0.412 e. The van der Waals surface area contributed by atoms with Crippen molar-refractivity contribution < 1.29 is 28.9 Å². The van der Waals surface area contributed by atoms with Gasteiger partial charge in [-0.1, -0.05) is 0 Å². The molecule has 1 atom stereocenters. The highest BCUT2D eigenvalue weighted by Gasteiger charge is 2.21. The molecule has 0 bridgehead atoms. The average Bonchev–Trinajstić information content (AvgIpc) is 2.27. The average molecular weight is 299 g/mol. The van der Waals surface area contributed by atoms with Gasteiger partial charge in [0, 0.05) is 5.56 Å². The van der Waals surface area contributed by atoms with Crippen molar-refractivity contribution in [1.29, 1.82) is 0 Å². The molecule has 1 aromatic carbocycles. The van der Waals surface area contributed by atoms with Gasteiger partial charge in [0.2, 0.25) is 0 Å². The molecule has 1 amide bonds. The molecule has 0 saturated heterocycles. The van der Waals surface area contributed by atoms with Gasteiger partial charge in [-0.15, -0.1) is 0 Å². The largest absolute Gasteiger partial charge is 0.481 e. The van der Waals surface area contributed by atoms with Crippen LogP contribution in [0.5, 0.6) is 0 Å². The zero-order chi connectivity index (χ0) is 16.2. The maximum atomic E-state index is 13.3. The fourth-order valence-electron chi connectivity index (χ4n) is 1.61. The zero-order valence-corrected chi connectivity index (χ0v) is 12.0. The van der Waals surface area contributed by atoms with Crippen LogP contribution in [-0.4, -0.2) is 27.9 Å². The van der Waals surface area contributed by atoms with E-state index in [0.29, 0.717) is 0 Å². The third kappa shape index (κ3) is 5.78. The molecular formula is C14H18FNO5. The fourth-order valence-corrected chi connectivity index (χ4v) is 1.61. The third-order valence-electron chi connectivity index (χ3n) is 2.38. The van der Waals surface area contributed by atoms with Crippen molar-refractivity contribution in [1.82, 2.24) is 0 Å². The van der Waals surface area contributed by atoms with E-state index in [-0.39, 0.29) is 11.3 Å². The number of carbonyl (C=O) groups is 2. The number of aliphatic hydroxyl groups is 1. The van der Waals surface area contributed by atoms with Gasteiger partial charge in [-0.2, -0.15) is 0 Å². The quantitative estimate of drug-likeness (QED) is 0.794. The van der Waals surface area contributed by atoms with Crippen molar-refractivity contribution in [3.8, 4) is 0 Å². The summed E-state index contributed by atoms with van der Waals surface area (Å²) in [5.41, 5.74) is -0.646. The number of anilines is 1. The van der Waals surface area contributed by atoms with E-state index in [1.54, 1.807) is 20.8 Å². The molecule has 1 rings (SSSR count). The van der Waals surface area contributed by atoms with Crippen molar-refractivity contribution in [2.75, 3.05) is 5.32 Å². The van der Waals surface area contributed by atoms with E-state index in [0.717, 1.165) is 12.1 Å². The number of carboxylic acids is 1. The first kappa shape index (κ1) is 16.9. The van der Waals surface area contributed by atoms with Crippen LogP contribution in [0.15, 0.2) is 18.2 Å². The molecule has 0 radical (unpaired) electrons. The lowest BCUT2D eigenvalue weighted by atomic mass is 10.0. The minimum Gasteiger partial charge on any atom is -0.481 e. The summed E-state index contributed by atoms with van der Waals surface area (Å²) in [4.78, 5) is 22.3. The maximum Gasteiger partial charge on any atom is 0.412 e. The molecule has 7 heteroatoms. The number of ether oxygens (including phenoxy) is 1. The van der Waals surface area contributed by atoms with Crippen LogP contribution in [0, 0.1) is 5.82 Å². The lowest BCUT2D eigenvalue weighted by molar-refractivity contribution is -0.139. The molecule has 116 valence electrons. The van der Waals surface area contributed by atoms with Crippen molar-refractivity contribution >= 4 is 17.7 Å². The Morgan fingerprint density at radius 2 is 2.00 bits per heavy atom. The van der Waals surface area contributed by atoms with Gasteiger partial charge in [-0.3, -0.25) is 10.1 Å². The Balaban J connectivity index is 2.96. The number of aliphatic hydroxyl groups excluding tert-OH is 1. The first-order valence-corrected chi connectivity index (χ1v) is 6.28. The van der Waals surface area contributed by atoms with E-state index < -0.39 is 36.0 Å². The molecule has 0 saturated carbocycles. The number of hydrogen-bond acceptors (Lipinski definition) is 4.